The zero-order valence-electron chi connectivity index (χ0n) is 2.43. The molecule has 0 aliphatic heterocycles. The summed E-state index contributed by atoms with van der Waals surface area (Å²) in [4.78, 5) is 0. The van der Waals surface area contributed by atoms with E-state index >= 15 is 0 Å². The fourth-order valence-electron chi connectivity index (χ4n) is 0. The molecule has 5 heteroatoms. The summed E-state index contributed by atoms with van der Waals surface area (Å²) in [6, 6.07) is 0. The second-order valence-electron chi connectivity index (χ2n) is 0.0833. The fraction of sp³-hybridized carbons (Fsp3) is 0. The van der Waals surface area contributed by atoms with E-state index in [0.29, 0.717) is 0 Å². The maximum atomic E-state index is 8.50. The van der Waals surface area contributed by atoms with Gasteiger partial charge in [0.15, 0.2) is 0 Å². The van der Waals surface area contributed by atoms with Gasteiger partial charge < -0.3 is 0 Å². The van der Waals surface area contributed by atoms with Gasteiger partial charge in [0, 0.05) is 0 Å². The standard InChI is InChI=1S/BHO.2O.Ti/c1-2;;;/h1H;;;. The first-order valence-electron chi connectivity index (χ1n) is 0.697. The molecule has 0 spiro atoms. The summed E-state index contributed by atoms with van der Waals surface area (Å²) in [5, 5.41) is 0. The van der Waals surface area contributed by atoms with E-state index in [1.165, 1.54) is 0 Å². The molecule has 0 aliphatic rings. The van der Waals surface area contributed by atoms with E-state index in [0.717, 1.165) is 0 Å². The Kier molecular flexibility index (Phi) is 54.4. The van der Waals surface area contributed by atoms with E-state index in [2.05, 4.69) is 0 Å². The van der Waals surface area contributed by atoms with Crippen molar-refractivity contribution in [1.29, 1.82) is 0 Å². The van der Waals surface area contributed by atoms with Gasteiger partial charge in [-0.3, -0.25) is 0 Å². The van der Waals surface area contributed by atoms with Crippen molar-refractivity contribution in [2.75, 3.05) is 0 Å². The predicted octanol–water partition coefficient (Wildman–Crippen LogP) is -1.01. The van der Waals surface area contributed by atoms with Gasteiger partial charge in [-0.2, -0.15) is 0 Å². The van der Waals surface area contributed by atoms with E-state index in [1.807, 2.05) is 7.72 Å². The average molecular weight is 108 g/mol. The molecule has 26 valence electrons. The zero-order valence-corrected chi connectivity index (χ0v) is 3.99. The maximum absolute atomic E-state index is 8.50. The zero-order chi connectivity index (χ0) is 4.71. The van der Waals surface area contributed by atoms with E-state index in [1.54, 1.807) is 0 Å². The molecule has 0 N–H and O–H groups in total. The molecule has 0 aromatic rings. The molecular formula is HBO3Ti. The summed E-state index contributed by atoms with van der Waals surface area (Å²) < 4.78 is 25.0. The van der Waals surface area contributed by atoms with Crippen molar-refractivity contribution in [3.63, 3.8) is 0 Å². The van der Waals surface area contributed by atoms with Crippen LogP contribution in [-0.4, -0.2) is 7.72 Å². The van der Waals surface area contributed by atoms with Crippen LogP contribution < -0.4 is 0 Å². The second kappa shape index (κ2) is 30.4. The molecule has 0 saturated heterocycles. The van der Waals surface area contributed by atoms with Gasteiger partial charge in [0.25, 0.3) is 0 Å². The molecule has 0 atom stereocenters. The van der Waals surface area contributed by atoms with Gasteiger partial charge in [-0.05, 0) is 0 Å². The van der Waals surface area contributed by atoms with E-state index in [9.17, 15) is 0 Å². The molecule has 0 aromatic heterocycles. The molecule has 0 heterocycles. The number of rotatable bonds is 0. The Morgan fingerprint density at radius 2 is 1.20 bits per heavy atom. The third-order valence-corrected chi connectivity index (χ3v) is 0. The number of hydrogen-bond donors (Lipinski definition) is 0. The molecule has 0 fully saturated rings. The molecule has 5 heavy (non-hydrogen) atoms. The van der Waals surface area contributed by atoms with Gasteiger partial charge in [0.05, 0.1) is 0 Å². The van der Waals surface area contributed by atoms with Crippen LogP contribution in [-0.2, 0) is 30.4 Å². The van der Waals surface area contributed by atoms with E-state index < -0.39 is 19.1 Å². The van der Waals surface area contributed by atoms with Crippen molar-refractivity contribution in [3.8, 4) is 0 Å². The van der Waals surface area contributed by atoms with Crippen LogP contribution in [0.2, 0.25) is 0 Å². The van der Waals surface area contributed by atoms with Crippen molar-refractivity contribution in [3.05, 3.63) is 0 Å². The van der Waals surface area contributed by atoms with Crippen molar-refractivity contribution in [2.45, 2.75) is 0 Å². The Morgan fingerprint density at radius 1 is 1.20 bits per heavy atom. The van der Waals surface area contributed by atoms with Gasteiger partial charge in [0.2, 0.25) is 0 Å². The molecular weight excluding hydrogens is 107 g/mol. The second-order valence-corrected chi connectivity index (χ2v) is 0.344. The Labute approximate surface area is 38.7 Å². The fourth-order valence-corrected chi connectivity index (χ4v) is 0. The molecule has 0 bridgehead atoms. The van der Waals surface area contributed by atoms with Gasteiger partial charge in [-0.1, -0.05) is 0 Å². The van der Waals surface area contributed by atoms with Crippen LogP contribution in [0.1, 0.15) is 0 Å². The molecule has 3 nitrogen and oxygen atoms in total. The molecule has 0 rings (SSSR count). The first-order chi connectivity index (χ1) is 2.41. The Hall–Kier alpha value is 0.179. The number of hydrogen-bond acceptors (Lipinski definition) is 3. The van der Waals surface area contributed by atoms with Crippen LogP contribution in [0.4, 0.5) is 0 Å². The Balaban J connectivity index is 0. The summed E-state index contributed by atoms with van der Waals surface area (Å²) >= 11 is -2.00. The van der Waals surface area contributed by atoms with Crippen LogP contribution in [0.15, 0.2) is 0 Å². The normalized spacial score (nSPS) is 2.20. The van der Waals surface area contributed by atoms with Crippen LogP contribution in [0.5, 0.6) is 0 Å². The average Bonchev–Trinajstić information content (AvgIpc) is 1.46. The van der Waals surface area contributed by atoms with Crippen LogP contribution in [0.3, 0.4) is 0 Å². The first-order valence-corrected chi connectivity index (χ1v) is 1.97. The quantitative estimate of drug-likeness (QED) is 0.373. The molecule has 0 amide bonds. The third-order valence-electron chi connectivity index (χ3n) is 0. The van der Waals surface area contributed by atoms with E-state index in [-0.39, 0.29) is 0 Å². The monoisotopic (exact) mass is 108 g/mol. The summed E-state index contributed by atoms with van der Waals surface area (Å²) in [5.41, 5.74) is 0. The minimum absolute atomic E-state index is 2.00. The van der Waals surface area contributed by atoms with Crippen molar-refractivity contribution in [2.24, 2.45) is 0 Å². The molecule has 0 aromatic carbocycles. The van der Waals surface area contributed by atoms with Crippen molar-refractivity contribution >= 4 is 7.72 Å². The van der Waals surface area contributed by atoms with Crippen molar-refractivity contribution < 1.29 is 30.4 Å². The van der Waals surface area contributed by atoms with Gasteiger partial charge in [0.1, 0.15) is 0 Å². The predicted molar refractivity (Wildman–Crippen MR) is 9.21 cm³/mol. The first kappa shape index (κ1) is 8.95. The summed E-state index contributed by atoms with van der Waals surface area (Å²) in [6.07, 6.45) is 0. The minimum atomic E-state index is -2.00. The summed E-state index contributed by atoms with van der Waals surface area (Å²) in [5.74, 6) is 0. The summed E-state index contributed by atoms with van der Waals surface area (Å²) in [6.45, 7) is 0. The SMILES string of the molecule is B=O.[O]=[Ti]=[O]. The molecule has 0 saturated carbocycles. The Bertz CT molecular complexity index is 36.2. The van der Waals surface area contributed by atoms with Crippen LogP contribution in [0.25, 0.3) is 0 Å². The Morgan fingerprint density at radius 3 is 1.20 bits per heavy atom. The third kappa shape index (κ3) is 618. The molecule has 0 unspecified atom stereocenters. The van der Waals surface area contributed by atoms with Gasteiger partial charge >= 0.3 is 38.2 Å². The van der Waals surface area contributed by atoms with Crippen molar-refractivity contribution in [1.82, 2.24) is 0 Å². The van der Waals surface area contributed by atoms with E-state index in [4.69, 9.17) is 11.4 Å². The van der Waals surface area contributed by atoms with Gasteiger partial charge in [-0.15, -0.1) is 0 Å². The topological polar surface area (TPSA) is 51.2 Å². The molecule has 0 radical (unpaired) electrons. The van der Waals surface area contributed by atoms with Crippen LogP contribution in [0, 0.1) is 0 Å². The van der Waals surface area contributed by atoms with Crippen LogP contribution >= 0.6 is 0 Å². The summed E-state index contributed by atoms with van der Waals surface area (Å²) in [7, 11) is 2.00. The van der Waals surface area contributed by atoms with Gasteiger partial charge in [-0.25, -0.2) is 0 Å². The molecule has 0 aliphatic carbocycles.